The van der Waals surface area contributed by atoms with Crippen LogP contribution in [0.3, 0.4) is 0 Å². The molecule has 1 aliphatic carbocycles. The Balaban J connectivity index is 1.54. The molecule has 2 heterocycles. The highest BCUT2D eigenvalue weighted by molar-refractivity contribution is 5.79. The Kier molecular flexibility index (Phi) is 5.75. The van der Waals surface area contributed by atoms with Crippen LogP contribution in [0.15, 0.2) is 0 Å². The van der Waals surface area contributed by atoms with Crippen LogP contribution in [0.5, 0.6) is 0 Å². The SMILES string of the molecule is O=C(C1CCC(O)CC1)N1CCC[C@H]1CN1CCCCCC1. The van der Waals surface area contributed by atoms with Gasteiger partial charge in [-0.25, -0.2) is 0 Å². The van der Waals surface area contributed by atoms with Crippen molar-refractivity contribution in [2.75, 3.05) is 26.2 Å². The number of nitrogens with zero attached hydrogens (tertiary/aromatic N) is 2. The Hall–Kier alpha value is -0.610. The average Bonchev–Trinajstić information content (AvgIpc) is 2.82. The summed E-state index contributed by atoms with van der Waals surface area (Å²) in [6.07, 6.45) is 10.9. The number of aliphatic hydroxyl groups excluding tert-OH is 1. The van der Waals surface area contributed by atoms with Crippen molar-refractivity contribution in [3.63, 3.8) is 0 Å². The molecular weight excluding hydrogens is 276 g/mol. The zero-order valence-electron chi connectivity index (χ0n) is 13.9. The van der Waals surface area contributed by atoms with Crippen molar-refractivity contribution in [3.8, 4) is 0 Å². The highest BCUT2D eigenvalue weighted by atomic mass is 16.3. The topological polar surface area (TPSA) is 43.8 Å². The molecular formula is C18H32N2O2. The zero-order valence-corrected chi connectivity index (χ0v) is 13.9. The molecule has 22 heavy (non-hydrogen) atoms. The van der Waals surface area contributed by atoms with Gasteiger partial charge in [-0.05, 0) is 64.5 Å². The highest BCUT2D eigenvalue weighted by Crippen LogP contribution is 2.29. The number of amides is 1. The first-order valence-corrected chi connectivity index (χ1v) is 9.45. The van der Waals surface area contributed by atoms with Crippen LogP contribution >= 0.6 is 0 Å². The van der Waals surface area contributed by atoms with Gasteiger partial charge >= 0.3 is 0 Å². The van der Waals surface area contributed by atoms with Crippen LogP contribution in [0.4, 0.5) is 0 Å². The van der Waals surface area contributed by atoms with E-state index in [2.05, 4.69) is 9.80 Å². The van der Waals surface area contributed by atoms with E-state index in [1.165, 1.54) is 51.6 Å². The van der Waals surface area contributed by atoms with Gasteiger partial charge in [-0.3, -0.25) is 4.79 Å². The molecule has 1 atom stereocenters. The Bertz CT molecular complexity index is 358. The summed E-state index contributed by atoms with van der Waals surface area (Å²) in [5.74, 6) is 0.553. The van der Waals surface area contributed by atoms with Gasteiger partial charge < -0.3 is 14.9 Å². The first-order chi connectivity index (χ1) is 10.7. The van der Waals surface area contributed by atoms with Crippen molar-refractivity contribution < 1.29 is 9.90 Å². The number of hydrogen-bond acceptors (Lipinski definition) is 3. The molecule has 2 aliphatic heterocycles. The maximum atomic E-state index is 12.9. The predicted molar refractivity (Wildman–Crippen MR) is 87.6 cm³/mol. The number of likely N-dealkylation sites (tertiary alicyclic amines) is 2. The van der Waals surface area contributed by atoms with Gasteiger partial charge in [0.1, 0.15) is 0 Å². The van der Waals surface area contributed by atoms with E-state index in [1.807, 2.05) is 0 Å². The molecule has 0 unspecified atom stereocenters. The fraction of sp³-hybridized carbons (Fsp3) is 0.944. The summed E-state index contributed by atoms with van der Waals surface area (Å²) in [7, 11) is 0. The maximum Gasteiger partial charge on any atom is 0.225 e. The Labute approximate surface area is 134 Å². The number of carbonyl (C=O) groups is 1. The van der Waals surface area contributed by atoms with E-state index in [9.17, 15) is 9.90 Å². The van der Waals surface area contributed by atoms with Crippen molar-refractivity contribution in [3.05, 3.63) is 0 Å². The van der Waals surface area contributed by atoms with Crippen molar-refractivity contribution in [2.24, 2.45) is 5.92 Å². The van der Waals surface area contributed by atoms with Crippen LogP contribution < -0.4 is 0 Å². The fourth-order valence-electron chi connectivity index (χ4n) is 4.49. The molecule has 4 nitrogen and oxygen atoms in total. The van der Waals surface area contributed by atoms with Crippen LogP contribution in [0.2, 0.25) is 0 Å². The first-order valence-electron chi connectivity index (χ1n) is 9.45. The molecule has 3 fully saturated rings. The maximum absolute atomic E-state index is 12.9. The van der Waals surface area contributed by atoms with Gasteiger partial charge in [0.25, 0.3) is 0 Å². The van der Waals surface area contributed by atoms with Gasteiger partial charge in [0, 0.05) is 25.0 Å². The van der Waals surface area contributed by atoms with Crippen molar-refractivity contribution in [1.29, 1.82) is 0 Å². The van der Waals surface area contributed by atoms with Crippen molar-refractivity contribution >= 4 is 5.91 Å². The zero-order chi connectivity index (χ0) is 15.4. The molecule has 0 bridgehead atoms. The lowest BCUT2D eigenvalue weighted by molar-refractivity contribution is -0.138. The Morgan fingerprint density at radius 2 is 1.55 bits per heavy atom. The second-order valence-electron chi connectivity index (χ2n) is 7.55. The Morgan fingerprint density at radius 1 is 0.864 bits per heavy atom. The molecule has 0 spiro atoms. The van der Waals surface area contributed by atoms with Crippen LogP contribution in [0.1, 0.15) is 64.2 Å². The monoisotopic (exact) mass is 308 g/mol. The standard InChI is InChI=1S/C18H32N2O2/c21-17-9-7-15(8-10-17)18(22)20-13-5-6-16(20)14-19-11-3-1-2-4-12-19/h15-17,21H,1-14H2/t15?,16-,17?/m0/s1. The molecule has 3 aliphatic rings. The van der Waals surface area contributed by atoms with Gasteiger partial charge in [0.2, 0.25) is 5.91 Å². The van der Waals surface area contributed by atoms with E-state index < -0.39 is 0 Å². The predicted octanol–water partition coefficient (Wildman–Crippen LogP) is 2.40. The molecule has 0 aromatic carbocycles. The molecule has 1 saturated carbocycles. The van der Waals surface area contributed by atoms with E-state index in [0.29, 0.717) is 11.9 Å². The highest BCUT2D eigenvalue weighted by Gasteiger charge is 2.35. The van der Waals surface area contributed by atoms with Crippen LogP contribution in [-0.2, 0) is 4.79 Å². The molecule has 126 valence electrons. The molecule has 3 rings (SSSR count). The molecule has 4 heteroatoms. The quantitative estimate of drug-likeness (QED) is 0.871. The third kappa shape index (κ3) is 4.02. The minimum absolute atomic E-state index is 0.171. The Morgan fingerprint density at radius 3 is 2.23 bits per heavy atom. The minimum atomic E-state index is -0.171. The minimum Gasteiger partial charge on any atom is -0.393 e. The second-order valence-corrected chi connectivity index (χ2v) is 7.55. The summed E-state index contributed by atoms with van der Waals surface area (Å²) in [5.41, 5.74) is 0. The number of rotatable bonds is 3. The van der Waals surface area contributed by atoms with Crippen LogP contribution in [0, 0.1) is 5.92 Å². The summed E-state index contributed by atoms with van der Waals surface area (Å²) < 4.78 is 0. The van der Waals surface area contributed by atoms with Gasteiger partial charge in [-0.1, -0.05) is 12.8 Å². The molecule has 0 aromatic heterocycles. The fourth-order valence-corrected chi connectivity index (χ4v) is 4.49. The molecule has 0 aromatic rings. The summed E-state index contributed by atoms with van der Waals surface area (Å²) in [6.45, 7) is 4.47. The summed E-state index contributed by atoms with van der Waals surface area (Å²) in [6, 6.07) is 0.442. The third-order valence-electron chi connectivity index (χ3n) is 5.87. The van der Waals surface area contributed by atoms with E-state index in [4.69, 9.17) is 0 Å². The lowest BCUT2D eigenvalue weighted by Crippen LogP contribution is -2.46. The van der Waals surface area contributed by atoms with E-state index in [1.54, 1.807) is 0 Å². The summed E-state index contributed by atoms with van der Waals surface area (Å²) >= 11 is 0. The molecule has 1 amide bonds. The lowest BCUT2D eigenvalue weighted by atomic mass is 9.86. The average molecular weight is 308 g/mol. The first kappa shape index (κ1) is 16.3. The summed E-state index contributed by atoms with van der Waals surface area (Å²) in [4.78, 5) is 17.6. The van der Waals surface area contributed by atoms with Crippen LogP contribution in [0.25, 0.3) is 0 Å². The van der Waals surface area contributed by atoms with E-state index in [-0.39, 0.29) is 12.0 Å². The number of carbonyl (C=O) groups excluding carboxylic acids is 1. The number of aliphatic hydroxyl groups is 1. The second kappa shape index (κ2) is 7.78. The lowest BCUT2D eigenvalue weighted by Gasteiger charge is -2.34. The van der Waals surface area contributed by atoms with Gasteiger partial charge in [-0.15, -0.1) is 0 Å². The van der Waals surface area contributed by atoms with Crippen molar-refractivity contribution in [2.45, 2.75) is 76.4 Å². The van der Waals surface area contributed by atoms with Gasteiger partial charge in [0.05, 0.1) is 6.10 Å². The largest absolute Gasteiger partial charge is 0.393 e. The smallest absolute Gasteiger partial charge is 0.225 e. The molecule has 0 radical (unpaired) electrons. The normalized spacial score (nSPS) is 34.6. The van der Waals surface area contributed by atoms with Gasteiger partial charge in [0.15, 0.2) is 0 Å². The van der Waals surface area contributed by atoms with Crippen molar-refractivity contribution in [1.82, 2.24) is 9.80 Å². The summed E-state index contributed by atoms with van der Waals surface area (Å²) in [5, 5.41) is 9.64. The van der Waals surface area contributed by atoms with E-state index in [0.717, 1.165) is 38.8 Å². The molecule has 1 N–H and O–H groups in total. The van der Waals surface area contributed by atoms with Gasteiger partial charge in [-0.2, -0.15) is 0 Å². The molecule has 2 saturated heterocycles. The van der Waals surface area contributed by atoms with E-state index >= 15 is 0 Å². The van der Waals surface area contributed by atoms with Crippen LogP contribution in [-0.4, -0.2) is 59.1 Å². The third-order valence-corrected chi connectivity index (χ3v) is 5.87. The number of hydrogen-bond donors (Lipinski definition) is 1.